The molecule has 0 aliphatic carbocycles. The molecule has 1 aromatic carbocycles. The van der Waals surface area contributed by atoms with Gasteiger partial charge in [-0.2, -0.15) is 5.10 Å². The van der Waals surface area contributed by atoms with Crippen molar-refractivity contribution in [2.45, 2.75) is 33.4 Å². The number of carbonyl (C=O) groups excluding carboxylic acids is 1. The summed E-state index contributed by atoms with van der Waals surface area (Å²) in [5, 5.41) is 9.39. The van der Waals surface area contributed by atoms with Gasteiger partial charge in [-0.25, -0.2) is 9.97 Å². The van der Waals surface area contributed by atoms with Gasteiger partial charge in [0.2, 0.25) is 5.91 Å². The van der Waals surface area contributed by atoms with Gasteiger partial charge in [0.15, 0.2) is 5.13 Å². The summed E-state index contributed by atoms with van der Waals surface area (Å²) < 4.78 is 7.28. The SMILES string of the molecule is CC(C)Oc1ccc(-c2csc(NC(=O)[C@H](C)Cn3cncn3)n2)cc1. The Labute approximate surface area is 156 Å². The van der Waals surface area contributed by atoms with E-state index in [0.29, 0.717) is 11.7 Å². The topological polar surface area (TPSA) is 81.9 Å². The van der Waals surface area contributed by atoms with Crippen molar-refractivity contribution in [1.29, 1.82) is 0 Å². The van der Waals surface area contributed by atoms with Crippen molar-refractivity contribution in [3.63, 3.8) is 0 Å². The highest BCUT2D eigenvalue weighted by molar-refractivity contribution is 7.14. The van der Waals surface area contributed by atoms with E-state index in [0.717, 1.165) is 17.0 Å². The Hall–Kier alpha value is -2.74. The van der Waals surface area contributed by atoms with Gasteiger partial charge in [-0.05, 0) is 38.1 Å². The van der Waals surface area contributed by atoms with E-state index in [-0.39, 0.29) is 17.9 Å². The third-order valence-corrected chi connectivity index (χ3v) is 4.39. The van der Waals surface area contributed by atoms with Crippen LogP contribution >= 0.6 is 11.3 Å². The fourth-order valence-corrected chi connectivity index (χ4v) is 3.08. The molecule has 0 fully saturated rings. The van der Waals surface area contributed by atoms with Gasteiger partial charge in [0.1, 0.15) is 18.4 Å². The van der Waals surface area contributed by atoms with E-state index >= 15 is 0 Å². The van der Waals surface area contributed by atoms with Crippen LogP contribution in [0.15, 0.2) is 42.3 Å². The van der Waals surface area contributed by atoms with Gasteiger partial charge >= 0.3 is 0 Å². The minimum Gasteiger partial charge on any atom is -0.491 e. The third-order valence-electron chi connectivity index (χ3n) is 3.63. The molecular formula is C18H21N5O2S. The number of nitrogens with one attached hydrogen (secondary N) is 1. The Kier molecular flexibility index (Phi) is 5.62. The number of thiazole rings is 1. The van der Waals surface area contributed by atoms with Crippen LogP contribution in [0.1, 0.15) is 20.8 Å². The zero-order chi connectivity index (χ0) is 18.5. The third kappa shape index (κ3) is 4.66. The van der Waals surface area contributed by atoms with Crippen LogP contribution in [0, 0.1) is 5.92 Å². The lowest BCUT2D eigenvalue weighted by Gasteiger charge is -2.10. The van der Waals surface area contributed by atoms with Gasteiger partial charge in [0.05, 0.1) is 24.3 Å². The molecule has 1 N–H and O–H groups in total. The molecule has 8 heteroatoms. The first kappa shape index (κ1) is 18.1. The number of anilines is 1. The van der Waals surface area contributed by atoms with E-state index in [1.54, 1.807) is 11.0 Å². The number of ether oxygens (including phenoxy) is 1. The molecule has 3 aromatic rings. The van der Waals surface area contributed by atoms with E-state index in [1.807, 2.05) is 50.4 Å². The van der Waals surface area contributed by atoms with Crippen molar-refractivity contribution >= 4 is 22.4 Å². The van der Waals surface area contributed by atoms with Gasteiger partial charge in [0.25, 0.3) is 0 Å². The molecule has 0 bridgehead atoms. The largest absolute Gasteiger partial charge is 0.491 e. The van der Waals surface area contributed by atoms with Crippen LogP contribution in [-0.2, 0) is 11.3 Å². The van der Waals surface area contributed by atoms with Crippen molar-refractivity contribution < 1.29 is 9.53 Å². The van der Waals surface area contributed by atoms with Crippen molar-refractivity contribution in [2.75, 3.05) is 5.32 Å². The summed E-state index contributed by atoms with van der Waals surface area (Å²) in [6.07, 6.45) is 3.19. The Morgan fingerprint density at radius 3 is 2.69 bits per heavy atom. The molecule has 2 heterocycles. The number of amides is 1. The molecule has 1 atom stereocenters. The molecule has 0 aliphatic heterocycles. The van der Waals surface area contributed by atoms with Gasteiger partial charge in [-0.1, -0.05) is 6.92 Å². The summed E-state index contributed by atoms with van der Waals surface area (Å²) >= 11 is 1.40. The molecule has 0 radical (unpaired) electrons. The molecule has 0 saturated carbocycles. The van der Waals surface area contributed by atoms with Crippen molar-refractivity contribution in [2.24, 2.45) is 5.92 Å². The van der Waals surface area contributed by atoms with E-state index in [9.17, 15) is 4.79 Å². The van der Waals surface area contributed by atoms with Crippen molar-refractivity contribution in [1.82, 2.24) is 19.7 Å². The lowest BCUT2D eigenvalue weighted by molar-refractivity contribution is -0.119. The Morgan fingerprint density at radius 1 is 1.27 bits per heavy atom. The minimum absolute atomic E-state index is 0.0953. The summed E-state index contributed by atoms with van der Waals surface area (Å²) in [6.45, 7) is 6.31. The number of rotatable bonds is 7. The number of carbonyl (C=O) groups is 1. The second kappa shape index (κ2) is 8.09. The van der Waals surface area contributed by atoms with Gasteiger partial charge in [-0.3, -0.25) is 9.48 Å². The molecule has 3 rings (SSSR count). The van der Waals surface area contributed by atoms with Crippen LogP contribution in [-0.4, -0.2) is 31.8 Å². The molecule has 26 heavy (non-hydrogen) atoms. The molecule has 0 saturated heterocycles. The highest BCUT2D eigenvalue weighted by atomic mass is 32.1. The van der Waals surface area contributed by atoms with Crippen LogP contribution in [0.4, 0.5) is 5.13 Å². The maximum atomic E-state index is 12.3. The molecular weight excluding hydrogens is 350 g/mol. The first-order valence-electron chi connectivity index (χ1n) is 8.37. The van der Waals surface area contributed by atoms with Crippen molar-refractivity contribution in [3.05, 3.63) is 42.3 Å². The van der Waals surface area contributed by atoms with Gasteiger partial charge < -0.3 is 10.1 Å². The zero-order valence-electron chi connectivity index (χ0n) is 14.9. The fraction of sp³-hybridized carbons (Fsp3) is 0.333. The second-order valence-corrected chi connectivity index (χ2v) is 7.09. The Morgan fingerprint density at radius 2 is 2.04 bits per heavy atom. The summed E-state index contributed by atoms with van der Waals surface area (Å²) in [4.78, 5) is 20.7. The van der Waals surface area contributed by atoms with E-state index in [2.05, 4.69) is 20.4 Å². The molecule has 0 spiro atoms. The van der Waals surface area contributed by atoms with Gasteiger partial charge in [-0.15, -0.1) is 11.3 Å². The quantitative estimate of drug-likeness (QED) is 0.688. The smallest absolute Gasteiger partial charge is 0.230 e. The maximum absolute atomic E-state index is 12.3. The number of hydrogen-bond donors (Lipinski definition) is 1. The first-order valence-corrected chi connectivity index (χ1v) is 9.25. The predicted octanol–water partition coefficient (Wildman–Crippen LogP) is 3.46. The normalized spacial score (nSPS) is 12.2. The lowest BCUT2D eigenvalue weighted by Crippen LogP contribution is -2.24. The number of hydrogen-bond acceptors (Lipinski definition) is 6. The molecule has 0 unspecified atom stereocenters. The van der Waals surface area contributed by atoms with Crippen LogP contribution in [0.5, 0.6) is 5.75 Å². The summed E-state index contributed by atoms with van der Waals surface area (Å²) in [5.74, 6) is 0.494. The standard InChI is InChI=1S/C18H21N5O2S/c1-12(2)25-15-6-4-14(5-7-15)16-9-26-18(21-16)22-17(24)13(3)8-23-11-19-10-20-23/h4-7,9-13H,8H2,1-3H3,(H,21,22,24)/t13-/m1/s1. The van der Waals surface area contributed by atoms with Crippen LogP contribution < -0.4 is 10.1 Å². The lowest BCUT2D eigenvalue weighted by atomic mass is 10.1. The van der Waals surface area contributed by atoms with Crippen LogP contribution in [0.3, 0.4) is 0 Å². The molecule has 1 amide bonds. The minimum atomic E-state index is -0.239. The van der Waals surface area contributed by atoms with Crippen LogP contribution in [0.25, 0.3) is 11.3 Å². The zero-order valence-corrected chi connectivity index (χ0v) is 15.7. The second-order valence-electron chi connectivity index (χ2n) is 6.24. The highest BCUT2D eigenvalue weighted by Gasteiger charge is 2.16. The highest BCUT2D eigenvalue weighted by Crippen LogP contribution is 2.27. The average molecular weight is 371 g/mol. The Balaban J connectivity index is 1.61. The average Bonchev–Trinajstić information content (AvgIpc) is 3.27. The Bertz CT molecular complexity index is 843. The van der Waals surface area contributed by atoms with Crippen molar-refractivity contribution in [3.8, 4) is 17.0 Å². The number of nitrogens with zero attached hydrogens (tertiary/aromatic N) is 4. The van der Waals surface area contributed by atoms with E-state index in [4.69, 9.17) is 4.74 Å². The van der Waals surface area contributed by atoms with Gasteiger partial charge in [0, 0.05) is 10.9 Å². The monoisotopic (exact) mass is 371 g/mol. The van der Waals surface area contributed by atoms with Crippen LogP contribution in [0.2, 0.25) is 0 Å². The van der Waals surface area contributed by atoms with E-state index in [1.165, 1.54) is 17.7 Å². The fourth-order valence-electron chi connectivity index (χ4n) is 2.36. The predicted molar refractivity (Wildman–Crippen MR) is 101 cm³/mol. The summed E-state index contributed by atoms with van der Waals surface area (Å²) in [7, 11) is 0. The molecule has 136 valence electrons. The molecule has 7 nitrogen and oxygen atoms in total. The maximum Gasteiger partial charge on any atom is 0.230 e. The molecule has 0 aliphatic rings. The first-order chi connectivity index (χ1) is 12.5. The number of benzene rings is 1. The summed E-state index contributed by atoms with van der Waals surface area (Å²) in [5.41, 5.74) is 1.80. The van der Waals surface area contributed by atoms with E-state index < -0.39 is 0 Å². The summed E-state index contributed by atoms with van der Waals surface area (Å²) in [6, 6.07) is 7.78. The number of aromatic nitrogens is 4. The molecule has 2 aromatic heterocycles.